The molecule has 0 radical (unpaired) electrons. The zero-order valence-electron chi connectivity index (χ0n) is 16.3. The summed E-state index contributed by atoms with van der Waals surface area (Å²) in [5.74, 6) is 0.221. The fraction of sp³-hybridized carbons (Fsp3) is 0.217. The summed E-state index contributed by atoms with van der Waals surface area (Å²) in [6.07, 6.45) is 1.54. The van der Waals surface area contributed by atoms with Crippen LogP contribution in [0.25, 0.3) is 0 Å². The number of carbonyl (C=O) groups is 2. The SMILES string of the molecule is CCCC(C(=O)NNC(=O)c1ccc(COc2ccccc2)o1)c1ccccc1. The summed E-state index contributed by atoms with van der Waals surface area (Å²) >= 11 is 0. The van der Waals surface area contributed by atoms with Gasteiger partial charge in [-0.3, -0.25) is 20.4 Å². The molecule has 0 aliphatic heterocycles. The number of benzene rings is 2. The number of para-hydroxylation sites is 1. The molecule has 0 aliphatic carbocycles. The number of hydrogen-bond donors (Lipinski definition) is 2. The highest BCUT2D eigenvalue weighted by Gasteiger charge is 2.21. The lowest BCUT2D eigenvalue weighted by Crippen LogP contribution is -2.43. The highest BCUT2D eigenvalue weighted by molar-refractivity contribution is 5.93. The van der Waals surface area contributed by atoms with E-state index in [9.17, 15) is 9.59 Å². The van der Waals surface area contributed by atoms with E-state index in [1.165, 1.54) is 0 Å². The van der Waals surface area contributed by atoms with Crippen LogP contribution in [0.3, 0.4) is 0 Å². The van der Waals surface area contributed by atoms with Crippen molar-refractivity contribution < 1.29 is 18.7 Å². The molecule has 2 N–H and O–H groups in total. The molecule has 0 saturated carbocycles. The molecule has 3 aromatic rings. The third-order valence-corrected chi connectivity index (χ3v) is 4.40. The second-order valence-corrected chi connectivity index (χ2v) is 6.56. The van der Waals surface area contributed by atoms with Crippen molar-refractivity contribution in [3.8, 4) is 5.75 Å². The summed E-state index contributed by atoms with van der Waals surface area (Å²) in [5, 5.41) is 0. The lowest BCUT2D eigenvalue weighted by molar-refractivity contribution is -0.123. The number of ether oxygens (including phenoxy) is 1. The van der Waals surface area contributed by atoms with E-state index < -0.39 is 5.91 Å². The van der Waals surface area contributed by atoms with Gasteiger partial charge in [0.15, 0.2) is 5.76 Å². The Bertz CT molecular complexity index is 922. The maximum absolute atomic E-state index is 12.6. The number of rotatable bonds is 8. The molecule has 1 heterocycles. The zero-order valence-corrected chi connectivity index (χ0v) is 16.3. The first kappa shape index (κ1) is 20.2. The maximum Gasteiger partial charge on any atom is 0.305 e. The predicted molar refractivity (Wildman–Crippen MR) is 109 cm³/mol. The van der Waals surface area contributed by atoms with E-state index >= 15 is 0 Å². The van der Waals surface area contributed by atoms with E-state index in [1.54, 1.807) is 12.1 Å². The van der Waals surface area contributed by atoms with Crippen LogP contribution in [-0.4, -0.2) is 11.8 Å². The summed E-state index contributed by atoms with van der Waals surface area (Å²) in [4.78, 5) is 24.9. The molecule has 3 rings (SSSR count). The molecule has 6 heteroatoms. The lowest BCUT2D eigenvalue weighted by Gasteiger charge is -2.16. The van der Waals surface area contributed by atoms with Crippen LogP contribution in [0.4, 0.5) is 0 Å². The highest BCUT2D eigenvalue weighted by Crippen LogP contribution is 2.21. The van der Waals surface area contributed by atoms with Crippen LogP contribution in [0.15, 0.2) is 77.2 Å². The van der Waals surface area contributed by atoms with E-state index in [4.69, 9.17) is 9.15 Å². The highest BCUT2D eigenvalue weighted by atomic mass is 16.5. The minimum Gasteiger partial charge on any atom is -0.486 e. The van der Waals surface area contributed by atoms with E-state index in [-0.39, 0.29) is 24.2 Å². The Balaban J connectivity index is 1.53. The Hall–Kier alpha value is -3.54. The molecule has 6 nitrogen and oxygen atoms in total. The number of hydrazine groups is 1. The third kappa shape index (κ3) is 5.72. The second-order valence-electron chi connectivity index (χ2n) is 6.56. The normalized spacial score (nSPS) is 11.5. The molecule has 0 fully saturated rings. The first-order valence-electron chi connectivity index (χ1n) is 9.59. The monoisotopic (exact) mass is 392 g/mol. The molecule has 0 spiro atoms. The zero-order chi connectivity index (χ0) is 20.5. The molecule has 2 aromatic carbocycles. The van der Waals surface area contributed by atoms with Gasteiger partial charge in [-0.05, 0) is 36.2 Å². The van der Waals surface area contributed by atoms with Crippen LogP contribution in [0.1, 0.15) is 47.6 Å². The molecule has 150 valence electrons. The molecule has 1 atom stereocenters. The number of furan rings is 1. The van der Waals surface area contributed by atoms with E-state index in [0.717, 1.165) is 12.0 Å². The van der Waals surface area contributed by atoms with Gasteiger partial charge in [-0.2, -0.15) is 0 Å². The smallest absolute Gasteiger partial charge is 0.305 e. The van der Waals surface area contributed by atoms with Crippen molar-refractivity contribution in [3.05, 3.63) is 89.9 Å². The van der Waals surface area contributed by atoms with Crippen molar-refractivity contribution in [3.63, 3.8) is 0 Å². The van der Waals surface area contributed by atoms with E-state index in [1.807, 2.05) is 67.6 Å². The van der Waals surface area contributed by atoms with Crippen molar-refractivity contribution in [2.45, 2.75) is 32.3 Å². The lowest BCUT2D eigenvalue weighted by atomic mass is 9.94. The Morgan fingerprint density at radius 2 is 1.62 bits per heavy atom. The fourth-order valence-electron chi connectivity index (χ4n) is 2.94. The number of hydrogen-bond acceptors (Lipinski definition) is 4. The van der Waals surface area contributed by atoms with Crippen molar-refractivity contribution in [2.75, 3.05) is 0 Å². The second kappa shape index (κ2) is 10.1. The Morgan fingerprint density at radius 1 is 0.931 bits per heavy atom. The van der Waals surface area contributed by atoms with Gasteiger partial charge >= 0.3 is 5.91 Å². The van der Waals surface area contributed by atoms with Crippen molar-refractivity contribution in [2.24, 2.45) is 0 Å². The van der Waals surface area contributed by atoms with Gasteiger partial charge in [-0.1, -0.05) is 61.9 Å². The first-order chi connectivity index (χ1) is 14.2. The predicted octanol–water partition coefficient (Wildman–Crippen LogP) is 4.20. The molecule has 29 heavy (non-hydrogen) atoms. The molecule has 0 aliphatic rings. The average molecular weight is 392 g/mol. The Morgan fingerprint density at radius 3 is 2.31 bits per heavy atom. The largest absolute Gasteiger partial charge is 0.486 e. The Kier molecular flexibility index (Phi) is 7.05. The summed E-state index contributed by atoms with van der Waals surface area (Å²) in [5.41, 5.74) is 5.84. The number of amides is 2. The molecular formula is C23H24N2O4. The van der Waals surface area contributed by atoms with Gasteiger partial charge in [0.2, 0.25) is 5.91 Å². The molecule has 1 aromatic heterocycles. The molecule has 0 bridgehead atoms. The van der Waals surface area contributed by atoms with Crippen LogP contribution < -0.4 is 15.6 Å². The minimum absolute atomic E-state index is 0.101. The summed E-state index contributed by atoms with van der Waals surface area (Å²) in [6, 6.07) is 22.1. The topological polar surface area (TPSA) is 80.6 Å². The average Bonchev–Trinajstić information content (AvgIpc) is 3.25. The van der Waals surface area contributed by atoms with Gasteiger partial charge < -0.3 is 9.15 Å². The van der Waals surface area contributed by atoms with Gasteiger partial charge in [0.05, 0.1) is 5.92 Å². The van der Waals surface area contributed by atoms with Gasteiger partial charge in [-0.15, -0.1) is 0 Å². The van der Waals surface area contributed by atoms with E-state index in [0.29, 0.717) is 17.9 Å². The number of nitrogens with one attached hydrogen (secondary N) is 2. The number of carbonyl (C=O) groups excluding carboxylic acids is 2. The van der Waals surface area contributed by atoms with Crippen LogP contribution >= 0.6 is 0 Å². The summed E-state index contributed by atoms with van der Waals surface area (Å²) in [6.45, 7) is 2.22. The van der Waals surface area contributed by atoms with Crippen LogP contribution in [0.2, 0.25) is 0 Å². The third-order valence-electron chi connectivity index (χ3n) is 4.40. The molecule has 0 saturated heterocycles. The minimum atomic E-state index is -0.521. The van der Waals surface area contributed by atoms with Crippen molar-refractivity contribution >= 4 is 11.8 Å². The van der Waals surface area contributed by atoms with Gasteiger partial charge in [0, 0.05) is 0 Å². The van der Waals surface area contributed by atoms with Crippen molar-refractivity contribution in [1.29, 1.82) is 0 Å². The van der Waals surface area contributed by atoms with Crippen molar-refractivity contribution in [1.82, 2.24) is 10.9 Å². The summed E-state index contributed by atoms with van der Waals surface area (Å²) < 4.78 is 11.1. The quantitative estimate of drug-likeness (QED) is 0.563. The fourth-order valence-corrected chi connectivity index (χ4v) is 2.94. The van der Waals surface area contributed by atoms with Gasteiger partial charge in [0.25, 0.3) is 0 Å². The van der Waals surface area contributed by atoms with E-state index in [2.05, 4.69) is 10.9 Å². The van der Waals surface area contributed by atoms with Crippen LogP contribution in [0.5, 0.6) is 5.75 Å². The van der Waals surface area contributed by atoms with Crippen LogP contribution in [-0.2, 0) is 11.4 Å². The Labute approximate surface area is 169 Å². The summed E-state index contributed by atoms with van der Waals surface area (Å²) in [7, 11) is 0. The van der Waals surface area contributed by atoms with Gasteiger partial charge in [0.1, 0.15) is 18.1 Å². The maximum atomic E-state index is 12.6. The standard InChI is InChI=1S/C23H24N2O4/c1-2-9-20(17-10-5-3-6-11-17)22(26)24-25-23(27)21-15-14-19(29-21)16-28-18-12-7-4-8-13-18/h3-8,10-15,20H,2,9,16H2,1H3,(H,24,26)(H,25,27). The molecule has 1 unspecified atom stereocenters. The van der Waals surface area contributed by atoms with Gasteiger partial charge in [-0.25, -0.2) is 0 Å². The molecule has 2 amide bonds. The first-order valence-corrected chi connectivity index (χ1v) is 9.59. The van der Waals surface area contributed by atoms with Crippen LogP contribution in [0, 0.1) is 0 Å². The molecular weight excluding hydrogens is 368 g/mol.